The number of anilines is 1. The predicted octanol–water partition coefficient (Wildman–Crippen LogP) is 1.47. The van der Waals surface area contributed by atoms with Crippen LogP contribution in [-0.2, 0) is 17.9 Å². The van der Waals surface area contributed by atoms with Crippen molar-refractivity contribution in [3.8, 4) is 0 Å². The summed E-state index contributed by atoms with van der Waals surface area (Å²) >= 11 is 0. The lowest BCUT2D eigenvalue weighted by atomic mass is 10.2. The number of rotatable bonds is 6. The Balaban J connectivity index is 1.91. The number of halogens is 1. The molecule has 7 heteroatoms. The molecule has 2 aromatic rings. The van der Waals surface area contributed by atoms with Crippen molar-refractivity contribution in [2.75, 3.05) is 11.9 Å². The van der Waals surface area contributed by atoms with Crippen LogP contribution < -0.4 is 10.6 Å². The lowest BCUT2D eigenvalue weighted by Gasteiger charge is -2.06. The molecule has 0 aliphatic rings. The van der Waals surface area contributed by atoms with E-state index in [9.17, 15) is 9.18 Å². The fraction of sp³-hybridized carbons (Fsp3) is 0.357. The SMILES string of the molecule is CCNCc1cn(CC(=O)Nc2ccc(C)c(F)c2)nn1. The van der Waals surface area contributed by atoms with E-state index in [1.807, 2.05) is 6.92 Å². The summed E-state index contributed by atoms with van der Waals surface area (Å²) in [6.45, 7) is 5.16. The minimum atomic E-state index is -0.346. The van der Waals surface area contributed by atoms with Crippen molar-refractivity contribution in [2.45, 2.75) is 26.9 Å². The summed E-state index contributed by atoms with van der Waals surface area (Å²) in [5.74, 6) is -0.625. The zero-order valence-corrected chi connectivity index (χ0v) is 12.1. The third-order valence-electron chi connectivity index (χ3n) is 2.90. The summed E-state index contributed by atoms with van der Waals surface area (Å²) < 4.78 is 14.8. The maximum absolute atomic E-state index is 13.4. The second kappa shape index (κ2) is 6.94. The quantitative estimate of drug-likeness (QED) is 0.845. The molecule has 1 aromatic heterocycles. The van der Waals surface area contributed by atoms with Gasteiger partial charge in [0.2, 0.25) is 5.91 Å². The Labute approximate surface area is 122 Å². The first-order valence-electron chi connectivity index (χ1n) is 6.74. The fourth-order valence-electron chi connectivity index (χ4n) is 1.77. The van der Waals surface area contributed by atoms with Gasteiger partial charge in [0.25, 0.3) is 0 Å². The number of nitrogens with one attached hydrogen (secondary N) is 2. The van der Waals surface area contributed by atoms with Gasteiger partial charge in [-0.1, -0.05) is 18.2 Å². The molecule has 0 spiro atoms. The molecule has 1 aromatic carbocycles. The molecule has 21 heavy (non-hydrogen) atoms. The van der Waals surface area contributed by atoms with Gasteiger partial charge in [-0.15, -0.1) is 5.10 Å². The van der Waals surface area contributed by atoms with Gasteiger partial charge in [0, 0.05) is 12.2 Å². The monoisotopic (exact) mass is 291 g/mol. The van der Waals surface area contributed by atoms with Crippen LogP contribution in [0.5, 0.6) is 0 Å². The molecular formula is C14H18FN5O. The Bertz CT molecular complexity index is 626. The minimum Gasteiger partial charge on any atom is -0.324 e. The topological polar surface area (TPSA) is 71.8 Å². The van der Waals surface area contributed by atoms with Crippen molar-refractivity contribution in [2.24, 2.45) is 0 Å². The highest BCUT2D eigenvalue weighted by Crippen LogP contribution is 2.13. The highest BCUT2D eigenvalue weighted by Gasteiger charge is 2.07. The van der Waals surface area contributed by atoms with Crippen LogP contribution >= 0.6 is 0 Å². The van der Waals surface area contributed by atoms with E-state index in [0.29, 0.717) is 17.8 Å². The standard InChI is InChI=1S/C14H18FN5O/c1-3-16-7-12-8-20(19-18-12)9-14(21)17-11-5-4-10(2)13(15)6-11/h4-6,8,16H,3,7,9H2,1-2H3,(H,17,21). The third kappa shape index (κ3) is 4.35. The molecule has 2 rings (SSSR count). The molecular weight excluding hydrogens is 273 g/mol. The summed E-state index contributed by atoms with van der Waals surface area (Å²) in [6, 6.07) is 4.58. The number of nitrogens with zero attached hydrogens (tertiary/aromatic N) is 3. The number of aryl methyl sites for hydroxylation is 1. The van der Waals surface area contributed by atoms with Crippen LogP contribution in [0.2, 0.25) is 0 Å². The Morgan fingerprint density at radius 2 is 2.24 bits per heavy atom. The Kier molecular flexibility index (Phi) is 4.99. The molecule has 0 aliphatic heterocycles. The molecule has 0 radical (unpaired) electrons. The van der Waals surface area contributed by atoms with E-state index in [2.05, 4.69) is 20.9 Å². The first kappa shape index (κ1) is 15.1. The first-order valence-corrected chi connectivity index (χ1v) is 6.74. The molecule has 112 valence electrons. The fourth-order valence-corrected chi connectivity index (χ4v) is 1.77. The van der Waals surface area contributed by atoms with Gasteiger partial charge in [-0.25, -0.2) is 9.07 Å². The lowest BCUT2D eigenvalue weighted by Crippen LogP contribution is -2.19. The highest BCUT2D eigenvalue weighted by molar-refractivity contribution is 5.90. The number of aromatic nitrogens is 3. The van der Waals surface area contributed by atoms with E-state index >= 15 is 0 Å². The number of hydrogen-bond donors (Lipinski definition) is 2. The largest absolute Gasteiger partial charge is 0.324 e. The molecule has 2 N–H and O–H groups in total. The van der Waals surface area contributed by atoms with Crippen LogP contribution in [0.1, 0.15) is 18.2 Å². The second-order valence-electron chi connectivity index (χ2n) is 4.70. The Morgan fingerprint density at radius 3 is 2.95 bits per heavy atom. The van der Waals surface area contributed by atoms with Crippen LogP contribution in [0.15, 0.2) is 24.4 Å². The van der Waals surface area contributed by atoms with Gasteiger partial charge in [0.05, 0.1) is 11.9 Å². The summed E-state index contributed by atoms with van der Waals surface area (Å²) in [5.41, 5.74) is 1.74. The molecule has 0 saturated carbocycles. The molecule has 1 amide bonds. The Hall–Kier alpha value is -2.28. The van der Waals surface area contributed by atoms with Crippen LogP contribution in [0, 0.1) is 12.7 Å². The van der Waals surface area contributed by atoms with Gasteiger partial charge in [0.1, 0.15) is 12.4 Å². The van der Waals surface area contributed by atoms with Gasteiger partial charge >= 0.3 is 0 Å². The van der Waals surface area contributed by atoms with E-state index < -0.39 is 0 Å². The van der Waals surface area contributed by atoms with Crippen LogP contribution in [0.3, 0.4) is 0 Å². The van der Waals surface area contributed by atoms with Crippen molar-refractivity contribution in [3.05, 3.63) is 41.5 Å². The number of carbonyl (C=O) groups excluding carboxylic acids is 1. The van der Waals surface area contributed by atoms with E-state index in [1.54, 1.807) is 25.3 Å². The molecule has 0 aliphatic carbocycles. The van der Waals surface area contributed by atoms with Crippen molar-refractivity contribution < 1.29 is 9.18 Å². The van der Waals surface area contributed by atoms with Crippen LogP contribution in [-0.4, -0.2) is 27.4 Å². The number of amides is 1. The molecule has 0 unspecified atom stereocenters. The van der Waals surface area contributed by atoms with Gasteiger partial charge < -0.3 is 10.6 Å². The van der Waals surface area contributed by atoms with Crippen LogP contribution in [0.4, 0.5) is 10.1 Å². The average Bonchev–Trinajstić information content (AvgIpc) is 2.88. The Morgan fingerprint density at radius 1 is 1.43 bits per heavy atom. The zero-order valence-electron chi connectivity index (χ0n) is 12.1. The molecule has 0 atom stereocenters. The normalized spacial score (nSPS) is 10.6. The average molecular weight is 291 g/mol. The van der Waals surface area contributed by atoms with Crippen molar-refractivity contribution in [3.63, 3.8) is 0 Å². The number of hydrogen-bond acceptors (Lipinski definition) is 4. The van der Waals surface area contributed by atoms with Gasteiger partial charge in [0.15, 0.2) is 0 Å². The highest BCUT2D eigenvalue weighted by atomic mass is 19.1. The molecule has 0 bridgehead atoms. The second-order valence-corrected chi connectivity index (χ2v) is 4.70. The van der Waals surface area contributed by atoms with Gasteiger partial charge in [-0.2, -0.15) is 0 Å². The summed E-state index contributed by atoms with van der Waals surface area (Å²) in [5, 5.41) is 13.6. The maximum Gasteiger partial charge on any atom is 0.246 e. The van der Waals surface area contributed by atoms with Crippen LogP contribution in [0.25, 0.3) is 0 Å². The van der Waals surface area contributed by atoms with Crippen molar-refractivity contribution in [1.29, 1.82) is 0 Å². The lowest BCUT2D eigenvalue weighted by molar-refractivity contribution is -0.116. The number of benzene rings is 1. The van der Waals surface area contributed by atoms with Crippen molar-refractivity contribution >= 4 is 11.6 Å². The molecule has 0 fully saturated rings. The van der Waals surface area contributed by atoms with E-state index in [0.717, 1.165) is 12.2 Å². The predicted molar refractivity (Wildman–Crippen MR) is 77.2 cm³/mol. The first-order chi connectivity index (χ1) is 10.1. The summed E-state index contributed by atoms with van der Waals surface area (Å²) in [7, 11) is 0. The third-order valence-corrected chi connectivity index (χ3v) is 2.90. The number of carbonyl (C=O) groups is 1. The van der Waals surface area contributed by atoms with Gasteiger partial charge in [-0.3, -0.25) is 4.79 Å². The summed E-state index contributed by atoms with van der Waals surface area (Å²) in [4.78, 5) is 11.9. The van der Waals surface area contributed by atoms with Gasteiger partial charge in [-0.05, 0) is 31.2 Å². The minimum absolute atomic E-state index is 0.0363. The zero-order chi connectivity index (χ0) is 15.2. The van der Waals surface area contributed by atoms with E-state index in [-0.39, 0.29) is 18.3 Å². The molecule has 1 heterocycles. The van der Waals surface area contributed by atoms with E-state index in [4.69, 9.17) is 0 Å². The maximum atomic E-state index is 13.4. The van der Waals surface area contributed by atoms with Crippen molar-refractivity contribution in [1.82, 2.24) is 20.3 Å². The van der Waals surface area contributed by atoms with E-state index in [1.165, 1.54) is 10.7 Å². The smallest absolute Gasteiger partial charge is 0.246 e. The molecule has 6 nitrogen and oxygen atoms in total. The molecule has 0 saturated heterocycles. The summed E-state index contributed by atoms with van der Waals surface area (Å²) in [6.07, 6.45) is 1.71.